The van der Waals surface area contributed by atoms with Crippen LogP contribution in [0.4, 0.5) is 5.69 Å². The van der Waals surface area contributed by atoms with Gasteiger partial charge in [0, 0.05) is 69.3 Å². The molecule has 0 bridgehead atoms. The van der Waals surface area contributed by atoms with Gasteiger partial charge in [0.2, 0.25) is 9.84 Å². The van der Waals surface area contributed by atoms with Crippen LogP contribution in [0.25, 0.3) is 11.0 Å². The van der Waals surface area contributed by atoms with Crippen molar-refractivity contribution in [1.82, 2.24) is 19.9 Å². The highest BCUT2D eigenvalue weighted by molar-refractivity contribution is 7.91. The highest BCUT2D eigenvalue weighted by Gasteiger charge is 2.27. The third-order valence-electron chi connectivity index (χ3n) is 7.71. The van der Waals surface area contributed by atoms with E-state index in [0.29, 0.717) is 24.4 Å². The molecule has 0 aliphatic carbocycles. The van der Waals surface area contributed by atoms with Crippen LogP contribution in [0.1, 0.15) is 50.7 Å². The quantitative estimate of drug-likeness (QED) is 0.246. The maximum Gasteiger partial charge on any atom is 0.206 e. The fourth-order valence-electron chi connectivity index (χ4n) is 5.36. The average molecular weight is 576 g/mol. The molecule has 3 heterocycles. The zero-order valence-electron chi connectivity index (χ0n) is 24.5. The zero-order valence-corrected chi connectivity index (χ0v) is 25.3. The molecule has 0 amide bonds. The normalized spacial score (nSPS) is 14.9. The first-order valence-electron chi connectivity index (χ1n) is 14.4. The molecule has 1 aliphatic rings. The van der Waals surface area contributed by atoms with Gasteiger partial charge in [0.25, 0.3) is 0 Å². The Kier molecular flexibility index (Phi) is 8.77. The third-order valence-corrected chi connectivity index (χ3v) is 9.46. The van der Waals surface area contributed by atoms with Crippen molar-refractivity contribution in [2.24, 2.45) is 5.92 Å². The van der Waals surface area contributed by atoms with Crippen LogP contribution < -0.4 is 10.6 Å². The van der Waals surface area contributed by atoms with Crippen molar-refractivity contribution < 1.29 is 13.2 Å². The minimum atomic E-state index is -3.73. The fourth-order valence-corrected chi connectivity index (χ4v) is 6.67. The van der Waals surface area contributed by atoms with Crippen LogP contribution in [0, 0.1) is 5.92 Å². The predicted octanol–water partition coefficient (Wildman–Crippen LogP) is 5.36. The number of aromatic nitrogens is 3. The Morgan fingerprint density at radius 3 is 2.44 bits per heavy atom. The van der Waals surface area contributed by atoms with Crippen molar-refractivity contribution in [2.75, 3.05) is 32.1 Å². The molecule has 0 radical (unpaired) electrons. The summed E-state index contributed by atoms with van der Waals surface area (Å²) in [4.78, 5) is 9.89. The largest absolute Gasteiger partial charge is 0.388 e. The summed E-state index contributed by atoms with van der Waals surface area (Å²) in [6, 6.07) is 16.9. The number of fused-ring (bicyclic) bond motifs is 1. The first kappa shape index (κ1) is 29.2. The van der Waals surface area contributed by atoms with Crippen LogP contribution in [0.5, 0.6) is 0 Å². The van der Waals surface area contributed by atoms with Crippen LogP contribution in [0.15, 0.2) is 70.6 Å². The summed E-state index contributed by atoms with van der Waals surface area (Å²) >= 11 is 0. The summed E-state index contributed by atoms with van der Waals surface area (Å²) in [5.74, 6) is 1.50. The molecule has 0 atom stereocenters. The number of pyridine rings is 1. The van der Waals surface area contributed by atoms with E-state index in [-0.39, 0.29) is 15.2 Å². The summed E-state index contributed by atoms with van der Waals surface area (Å²) in [7, 11) is -1.83. The highest BCUT2D eigenvalue weighted by Crippen LogP contribution is 2.31. The van der Waals surface area contributed by atoms with Crippen molar-refractivity contribution in [3.05, 3.63) is 77.9 Å². The van der Waals surface area contributed by atoms with Gasteiger partial charge < -0.3 is 19.9 Å². The number of sulfone groups is 1. The number of nitrogens with one attached hydrogen (secondary N) is 2. The van der Waals surface area contributed by atoms with Gasteiger partial charge in [0.15, 0.2) is 0 Å². The number of anilines is 1. The molecular formula is C32H41N5O3S. The maximum atomic E-state index is 13.7. The smallest absolute Gasteiger partial charge is 0.206 e. The molecule has 1 saturated heterocycles. The third kappa shape index (κ3) is 6.80. The van der Waals surface area contributed by atoms with Gasteiger partial charge in [-0.1, -0.05) is 32.9 Å². The Morgan fingerprint density at radius 1 is 1.00 bits per heavy atom. The van der Waals surface area contributed by atoms with E-state index in [4.69, 9.17) is 9.72 Å². The van der Waals surface area contributed by atoms with E-state index in [1.54, 1.807) is 30.5 Å². The number of hydrogen-bond acceptors (Lipinski definition) is 7. The molecule has 2 aromatic carbocycles. The summed E-state index contributed by atoms with van der Waals surface area (Å²) in [6.07, 6.45) is 4.26. The fraction of sp³-hybridized carbons (Fsp3) is 0.438. The molecule has 1 fully saturated rings. The lowest BCUT2D eigenvalue weighted by atomic mass is 9.94. The monoisotopic (exact) mass is 575 g/mol. The minimum Gasteiger partial charge on any atom is -0.388 e. The SMILES string of the molecule is CNc1ccc(CNCCc2cc(S(=O)(=O)c3ccc4c(c3)nc(C(C)(C)C)n4CC3CCOCC3)ccn2)cc1. The molecular weight excluding hydrogens is 534 g/mol. The second-order valence-corrected chi connectivity index (χ2v) is 13.8. The van der Waals surface area contributed by atoms with Crippen molar-refractivity contribution in [1.29, 1.82) is 0 Å². The standard InChI is InChI=1S/C32H41N5O3S/c1-32(2,3)31-36-29-20-27(9-10-30(29)37(31)22-24-13-17-40-18-14-24)41(38,39)28-12-16-35-26(19-28)11-15-34-21-23-5-7-25(33-4)8-6-23/h5-10,12,16,19-20,24,33-34H,11,13-15,17-18,21-22H2,1-4H3. The minimum absolute atomic E-state index is 0.173. The number of imidazole rings is 1. The summed E-state index contributed by atoms with van der Waals surface area (Å²) < 4.78 is 35.3. The molecule has 8 nitrogen and oxygen atoms in total. The van der Waals surface area contributed by atoms with Crippen LogP contribution in [0.2, 0.25) is 0 Å². The first-order valence-corrected chi connectivity index (χ1v) is 15.9. The Balaban J connectivity index is 1.32. The molecule has 0 saturated carbocycles. The molecule has 41 heavy (non-hydrogen) atoms. The number of ether oxygens (including phenoxy) is 1. The molecule has 4 aromatic rings. The van der Waals surface area contributed by atoms with Gasteiger partial charge in [-0.05, 0) is 66.8 Å². The topological polar surface area (TPSA) is 98.1 Å². The average Bonchev–Trinajstić information content (AvgIpc) is 3.34. The van der Waals surface area contributed by atoms with Crippen molar-refractivity contribution in [3.63, 3.8) is 0 Å². The highest BCUT2D eigenvalue weighted by atomic mass is 32.2. The van der Waals surface area contributed by atoms with E-state index >= 15 is 0 Å². The van der Waals surface area contributed by atoms with Crippen LogP contribution in [-0.4, -0.2) is 49.8 Å². The van der Waals surface area contributed by atoms with Crippen LogP contribution >= 0.6 is 0 Å². The summed E-state index contributed by atoms with van der Waals surface area (Å²) in [5, 5.41) is 6.54. The number of hydrogen-bond donors (Lipinski definition) is 2. The molecule has 9 heteroatoms. The van der Waals surface area contributed by atoms with Gasteiger partial charge in [-0.15, -0.1) is 0 Å². The Bertz CT molecular complexity index is 1580. The number of nitrogens with zero attached hydrogens (tertiary/aromatic N) is 3. The van der Waals surface area contributed by atoms with E-state index < -0.39 is 9.84 Å². The van der Waals surface area contributed by atoms with Crippen LogP contribution in [-0.2, 0) is 39.5 Å². The van der Waals surface area contributed by atoms with E-state index in [2.05, 4.69) is 53.1 Å². The Hall–Kier alpha value is -3.27. The lowest BCUT2D eigenvalue weighted by Gasteiger charge is -2.26. The van der Waals surface area contributed by atoms with E-state index in [1.165, 1.54) is 5.56 Å². The first-order chi connectivity index (χ1) is 19.6. The molecule has 2 N–H and O–H groups in total. The molecule has 218 valence electrons. The van der Waals surface area contributed by atoms with Gasteiger partial charge in [-0.3, -0.25) is 4.98 Å². The second kappa shape index (κ2) is 12.3. The van der Waals surface area contributed by atoms with Crippen LogP contribution in [0.3, 0.4) is 0 Å². The van der Waals surface area contributed by atoms with Gasteiger partial charge in [0.05, 0.1) is 20.8 Å². The van der Waals surface area contributed by atoms with E-state index in [0.717, 1.165) is 61.9 Å². The van der Waals surface area contributed by atoms with Crippen molar-refractivity contribution >= 4 is 26.6 Å². The lowest BCUT2D eigenvalue weighted by molar-refractivity contribution is 0.0611. The summed E-state index contributed by atoms with van der Waals surface area (Å²) in [6.45, 7) is 10.3. The lowest BCUT2D eigenvalue weighted by Crippen LogP contribution is -2.25. The van der Waals surface area contributed by atoms with Gasteiger partial charge in [-0.2, -0.15) is 0 Å². The molecule has 5 rings (SSSR count). The van der Waals surface area contributed by atoms with Gasteiger partial charge >= 0.3 is 0 Å². The molecule has 1 aliphatic heterocycles. The van der Waals surface area contributed by atoms with Crippen molar-refractivity contribution in [2.45, 2.75) is 68.3 Å². The summed E-state index contributed by atoms with van der Waals surface area (Å²) in [5.41, 5.74) is 4.52. The Labute approximate surface area is 243 Å². The van der Waals surface area contributed by atoms with Crippen molar-refractivity contribution in [3.8, 4) is 0 Å². The predicted molar refractivity (Wildman–Crippen MR) is 163 cm³/mol. The second-order valence-electron chi connectivity index (χ2n) is 11.9. The number of benzene rings is 2. The molecule has 0 unspecified atom stereocenters. The van der Waals surface area contributed by atoms with Gasteiger partial charge in [-0.25, -0.2) is 13.4 Å². The van der Waals surface area contributed by atoms with Gasteiger partial charge in [0.1, 0.15) is 5.82 Å². The van der Waals surface area contributed by atoms with E-state index in [1.807, 2.05) is 25.2 Å². The molecule has 0 spiro atoms. The number of rotatable bonds is 10. The maximum absolute atomic E-state index is 13.7. The molecule has 2 aromatic heterocycles. The van der Waals surface area contributed by atoms with E-state index in [9.17, 15) is 8.42 Å². The zero-order chi connectivity index (χ0) is 29.0. The Morgan fingerprint density at radius 2 is 1.73 bits per heavy atom.